The third-order valence-electron chi connectivity index (χ3n) is 1.65. The van der Waals surface area contributed by atoms with E-state index in [0.29, 0.717) is 0 Å². The number of nitriles is 1. The fourth-order valence-electron chi connectivity index (χ4n) is 1.04. The Morgan fingerprint density at radius 3 is 2.60 bits per heavy atom. The molecule has 0 radical (unpaired) electrons. The van der Waals surface area contributed by atoms with Gasteiger partial charge in [0.15, 0.2) is 0 Å². The molecule has 76 valence electrons. The zero-order chi connectivity index (χ0) is 11.6. The van der Waals surface area contributed by atoms with Gasteiger partial charge in [0.1, 0.15) is 17.2 Å². The number of rotatable bonds is 2. The molecule has 15 heavy (non-hydrogen) atoms. The Labute approximate surface area is 88.5 Å². The summed E-state index contributed by atoms with van der Waals surface area (Å²) in [6.45, 7) is 0. The third-order valence-corrected chi connectivity index (χ3v) is 1.97. The van der Waals surface area contributed by atoms with Crippen molar-refractivity contribution in [3.63, 3.8) is 0 Å². The molecule has 0 aliphatic rings. The molecule has 0 heterocycles. The van der Waals surface area contributed by atoms with Crippen LogP contribution < -0.4 is 0 Å². The SMILES string of the molecule is N#Cc1c(Cl)ccc(C(=O)O)c1[N+](=O)[O-]. The van der Waals surface area contributed by atoms with E-state index in [-0.39, 0.29) is 5.02 Å². The number of nitro groups is 1. The average molecular weight is 227 g/mol. The smallest absolute Gasteiger partial charge is 0.342 e. The van der Waals surface area contributed by atoms with Crippen molar-refractivity contribution in [3.8, 4) is 6.07 Å². The van der Waals surface area contributed by atoms with Crippen LogP contribution in [0.1, 0.15) is 15.9 Å². The Balaban J connectivity index is 3.66. The Morgan fingerprint density at radius 2 is 2.20 bits per heavy atom. The van der Waals surface area contributed by atoms with Crippen LogP contribution in [-0.4, -0.2) is 16.0 Å². The van der Waals surface area contributed by atoms with Crippen LogP contribution in [0.25, 0.3) is 0 Å². The van der Waals surface area contributed by atoms with Gasteiger partial charge in [-0.15, -0.1) is 0 Å². The molecule has 0 saturated carbocycles. The fourth-order valence-corrected chi connectivity index (χ4v) is 1.23. The van der Waals surface area contributed by atoms with Crippen LogP contribution >= 0.6 is 11.6 Å². The molecule has 6 nitrogen and oxygen atoms in total. The minimum atomic E-state index is -1.48. The molecule has 0 amide bonds. The van der Waals surface area contributed by atoms with E-state index in [4.69, 9.17) is 22.0 Å². The molecular formula is C8H3ClN2O4. The van der Waals surface area contributed by atoms with Crippen molar-refractivity contribution in [1.29, 1.82) is 5.26 Å². The molecule has 0 bridgehead atoms. The molecule has 1 aromatic carbocycles. The van der Waals surface area contributed by atoms with Gasteiger partial charge < -0.3 is 5.11 Å². The molecule has 0 fully saturated rings. The van der Waals surface area contributed by atoms with Gasteiger partial charge in [-0.05, 0) is 12.1 Å². The number of carboxylic acids is 1. The monoisotopic (exact) mass is 226 g/mol. The number of nitro benzene ring substituents is 1. The van der Waals surface area contributed by atoms with Crippen molar-refractivity contribution >= 4 is 23.3 Å². The summed E-state index contributed by atoms with van der Waals surface area (Å²) in [5.41, 5.74) is -1.78. The quantitative estimate of drug-likeness (QED) is 0.612. The minimum absolute atomic E-state index is 0.144. The number of carboxylic acid groups (broad SMARTS) is 1. The number of nitrogens with zero attached hydrogens (tertiary/aromatic N) is 2. The minimum Gasteiger partial charge on any atom is -0.477 e. The lowest BCUT2D eigenvalue weighted by atomic mass is 10.1. The summed E-state index contributed by atoms with van der Waals surface area (Å²) in [5, 5.41) is 27.7. The van der Waals surface area contributed by atoms with Gasteiger partial charge in [-0.2, -0.15) is 5.26 Å². The van der Waals surface area contributed by atoms with Crippen LogP contribution in [0.15, 0.2) is 12.1 Å². The van der Waals surface area contributed by atoms with Gasteiger partial charge in [-0.1, -0.05) is 11.6 Å². The van der Waals surface area contributed by atoms with E-state index in [1.165, 1.54) is 6.07 Å². The first kappa shape index (κ1) is 10.9. The van der Waals surface area contributed by atoms with Crippen molar-refractivity contribution in [1.82, 2.24) is 0 Å². The van der Waals surface area contributed by atoms with Gasteiger partial charge in [-0.3, -0.25) is 10.1 Å². The van der Waals surface area contributed by atoms with E-state index in [0.717, 1.165) is 12.1 Å². The lowest BCUT2D eigenvalue weighted by Crippen LogP contribution is -2.04. The van der Waals surface area contributed by atoms with Crippen molar-refractivity contribution in [2.75, 3.05) is 0 Å². The molecule has 0 spiro atoms. The summed E-state index contributed by atoms with van der Waals surface area (Å²) in [5.74, 6) is -1.48. The highest BCUT2D eigenvalue weighted by Crippen LogP contribution is 2.29. The van der Waals surface area contributed by atoms with Gasteiger partial charge in [0.05, 0.1) is 9.95 Å². The van der Waals surface area contributed by atoms with E-state index in [1.807, 2.05) is 0 Å². The lowest BCUT2D eigenvalue weighted by molar-refractivity contribution is -0.385. The molecule has 0 aliphatic heterocycles. The maximum atomic E-state index is 10.6. The maximum Gasteiger partial charge on any atom is 0.342 e. The predicted molar refractivity (Wildman–Crippen MR) is 49.8 cm³/mol. The van der Waals surface area contributed by atoms with Crippen LogP contribution in [0.2, 0.25) is 5.02 Å². The van der Waals surface area contributed by atoms with Crippen molar-refractivity contribution in [3.05, 3.63) is 38.4 Å². The second-order valence-electron chi connectivity index (χ2n) is 2.49. The van der Waals surface area contributed by atoms with E-state index in [1.54, 1.807) is 0 Å². The van der Waals surface area contributed by atoms with Gasteiger partial charge in [0, 0.05) is 0 Å². The Hall–Kier alpha value is -2.13. The first-order chi connectivity index (χ1) is 6.99. The van der Waals surface area contributed by atoms with Gasteiger partial charge in [0.25, 0.3) is 0 Å². The van der Waals surface area contributed by atoms with Crippen LogP contribution in [0.5, 0.6) is 0 Å². The second-order valence-corrected chi connectivity index (χ2v) is 2.90. The number of hydrogen-bond acceptors (Lipinski definition) is 4. The van der Waals surface area contributed by atoms with Crippen LogP contribution in [0.4, 0.5) is 5.69 Å². The van der Waals surface area contributed by atoms with Crippen LogP contribution in [0.3, 0.4) is 0 Å². The van der Waals surface area contributed by atoms with E-state index < -0.39 is 27.7 Å². The normalized spacial score (nSPS) is 9.33. The van der Waals surface area contributed by atoms with Crippen LogP contribution in [-0.2, 0) is 0 Å². The summed E-state index contributed by atoms with van der Waals surface area (Å²) >= 11 is 5.53. The molecule has 1 aromatic rings. The highest BCUT2D eigenvalue weighted by Gasteiger charge is 2.26. The molecule has 1 N–H and O–H groups in total. The molecule has 7 heteroatoms. The standard InChI is InChI=1S/C8H3ClN2O4/c9-6-2-1-4(8(12)13)7(11(14)15)5(6)3-10/h1-2H,(H,12,13). The number of hydrogen-bond donors (Lipinski definition) is 1. The summed E-state index contributed by atoms with van der Waals surface area (Å²) in [4.78, 5) is 20.3. The van der Waals surface area contributed by atoms with Crippen molar-refractivity contribution in [2.24, 2.45) is 0 Å². The van der Waals surface area contributed by atoms with Gasteiger partial charge in [0.2, 0.25) is 0 Å². The highest BCUT2D eigenvalue weighted by molar-refractivity contribution is 6.32. The largest absolute Gasteiger partial charge is 0.477 e. The lowest BCUT2D eigenvalue weighted by Gasteiger charge is -2.00. The highest BCUT2D eigenvalue weighted by atomic mass is 35.5. The molecule has 1 rings (SSSR count). The van der Waals surface area contributed by atoms with E-state index in [9.17, 15) is 14.9 Å². The maximum absolute atomic E-state index is 10.6. The molecule has 0 aliphatic carbocycles. The van der Waals surface area contributed by atoms with E-state index in [2.05, 4.69) is 0 Å². The van der Waals surface area contributed by atoms with Crippen molar-refractivity contribution < 1.29 is 14.8 Å². The summed E-state index contributed by atoms with van der Waals surface area (Å²) in [7, 11) is 0. The Kier molecular flexibility index (Phi) is 2.87. The number of aromatic carboxylic acids is 1. The zero-order valence-corrected chi connectivity index (χ0v) is 7.85. The molecular weight excluding hydrogens is 224 g/mol. The van der Waals surface area contributed by atoms with Crippen LogP contribution in [0, 0.1) is 21.4 Å². The number of benzene rings is 1. The second kappa shape index (κ2) is 3.94. The number of carbonyl (C=O) groups is 1. The van der Waals surface area contributed by atoms with Gasteiger partial charge in [-0.25, -0.2) is 4.79 Å². The topological polar surface area (TPSA) is 104 Å². The summed E-state index contributed by atoms with van der Waals surface area (Å²) in [6.07, 6.45) is 0. The van der Waals surface area contributed by atoms with Gasteiger partial charge >= 0.3 is 11.7 Å². The fraction of sp³-hybridized carbons (Fsp3) is 0. The number of halogens is 1. The molecule has 0 unspecified atom stereocenters. The van der Waals surface area contributed by atoms with Crippen molar-refractivity contribution in [2.45, 2.75) is 0 Å². The zero-order valence-electron chi connectivity index (χ0n) is 7.10. The van der Waals surface area contributed by atoms with E-state index >= 15 is 0 Å². The molecule has 0 atom stereocenters. The first-order valence-electron chi connectivity index (χ1n) is 3.59. The molecule has 0 saturated heterocycles. The summed E-state index contributed by atoms with van der Waals surface area (Å²) < 4.78 is 0. The predicted octanol–water partition coefficient (Wildman–Crippen LogP) is 1.82. The first-order valence-corrected chi connectivity index (χ1v) is 3.97. The average Bonchev–Trinajstić information content (AvgIpc) is 2.16. The summed E-state index contributed by atoms with van der Waals surface area (Å²) in [6, 6.07) is 3.63. The Bertz CT molecular complexity index is 492. The third kappa shape index (κ3) is 1.87. The Morgan fingerprint density at radius 1 is 1.60 bits per heavy atom. The molecule has 0 aromatic heterocycles.